The van der Waals surface area contributed by atoms with Gasteiger partial charge in [0.2, 0.25) is 5.89 Å². The van der Waals surface area contributed by atoms with Crippen LogP contribution in [0.5, 0.6) is 5.75 Å². The molecular formula is C25H25N3O4. The first kappa shape index (κ1) is 21.4. The van der Waals surface area contributed by atoms with Crippen LogP contribution in [0.15, 0.2) is 88.1 Å². The quantitative estimate of drug-likeness (QED) is 0.401. The molecule has 0 saturated carbocycles. The Hall–Kier alpha value is -3.84. The van der Waals surface area contributed by atoms with Crippen molar-refractivity contribution in [3.8, 4) is 5.75 Å². The van der Waals surface area contributed by atoms with Gasteiger partial charge in [0.25, 0.3) is 5.91 Å². The van der Waals surface area contributed by atoms with Gasteiger partial charge >= 0.3 is 0 Å². The van der Waals surface area contributed by atoms with Crippen molar-refractivity contribution in [1.29, 1.82) is 0 Å². The second kappa shape index (κ2) is 10.5. The lowest BCUT2D eigenvalue weighted by molar-refractivity contribution is 0.0943. The summed E-state index contributed by atoms with van der Waals surface area (Å²) >= 11 is 0. The van der Waals surface area contributed by atoms with Crippen molar-refractivity contribution >= 4 is 5.91 Å². The number of amides is 1. The van der Waals surface area contributed by atoms with E-state index in [2.05, 4.69) is 33.4 Å². The van der Waals surface area contributed by atoms with E-state index >= 15 is 0 Å². The molecule has 0 radical (unpaired) electrons. The Bertz CT molecular complexity index is 1120. The fourth-order valence-corrected chi connectivity index (χ4v) is 3.39. The van der Waals surface area contributed by atoms with E-state index in [9.17, 15) is 4.79 Å². The van der Waals surface area contributed by atoms with E-state index in [1.165, 1.54) is 11.8 Å². The minimum Gasteiger partial charge on any atom is -0.497 e. The van der Waals surface area contributed by atoms with Crippen LogP contribution in [0.3, 0.4) is 0 Å². The second-order valence-corrected chi connectivity index (χ2v) is 7.37. The number of hydrogen-bond acceptors (Lipinski definition) is 6. The van der Waals surface area contributed by atoms with Crippen molar-refractivity contribution in [3.05, 3.63) is 108 Å². The summed E-state index contributed by atoms with van der Waals surface area (Å²) < 4.78 is 16.2. The van der Waals surface area contributed by atoms with Gasteiger partial charge < -0.3 is 18.9 Å². The molecule has 0 atom stereocenters. The Morgan fingerprint density at radius 2 is 1.78 bits per heavy atom. The van der Waals surface area contributed by atoms with Gasteiger partial charge in [0.05, 0.1) is 26.5 Å². The zero-order chi connectivity index (χ0) is 22.2. The smallest absolute Gasteiger partial charge is 0.273 e. The van der Waals surface area contributed by atoms with E-state index in [-0.39, 0.29) is 11.6 Å². The van der Waals surface area contributed by atoms with Crippen LogP contribution in [-0.2, 0) is 26.2 Å². The predicted molar refractivity (Wildman–Crippen MR) is 119 cm³/mol. The molecule has 4 rings (SSSR count). The molecule has 0 saturated heterocycles. The maximum atomic E-state index is 12.4. The first-order chi connectivity index (χ1) is 15.7. The first-order valence-corrected chi connectivity index (χ1v) is 10.3. The van der Waals surface area contributed by atoms with Crippen molar-refractivity contribution in [2.75, 3.05) is 7.11 Å². The molecule has 7 heteroatoms. The summed E-state index contributed by atoms with van der Waals surface area (Å²) in [5.41, 5.74) is 2.54. The number of nitrogens with one attached hydrogen (secondary N) is 1. The molecule has 2 heterocycles. The standard InChI is InChI=1S/C25H25N3O4/c1-30-21-10-5-9-20(13-21)16-28(15-19-7-3-2-4-8-19)17-24-27-23(18-32-24)25(29)26-14-22-11-6-12-31-22/h2-13,18H,14-17H2,1H3,(H,26,29). The van der Waals surface area contributed by atoms with Gasteiger partial charge in [-0.3, -0.25) is 9.69 Å². The fourth-order valence-electron chi connectivity index (χ4n) is 3.39. The maximum Gasteiger partial charge on any atom is 0.273 e. The molecule has 1 amide bonds. The molecule has 0 aliphatic rings. The van der Waals surface area contributed by atoms with Crippen molar-refractivity contribution < 1.29 is 18.4 Å². The average Bonchev–Trinajstić information content (AvgIpc) is 3.51. The number of furan rings is 1. The largest absolute Gasteiger partial charge is 0.497 e. The molecule has 0 aliphatic heterocycles. The highest BCUT2D eigenvalue weighted by Gasteiger charge is 2.16. The maximum absolute atomic E-state index is 12.4. The lowest BCUT2D eigenvalue weighted by atomic mass is 10.1. The summed E-state index contributed by atoms with van der Waals surface area (Å²) in [7, 11) is 1.66. The SMILES string of the molecule is COc1cccc(CN(Cc2ccccc2)Cc2nc(C(=O)NCc3ccco3)co2)c1. The van der Waals surface area contributed by atoms with Crippen LogP contribution in [0, 0.1) is 0 Å². The monoisotopic (exact) mass is 431 g/mol. The van der Waals surface area contributed by atoms with E-state index in [4.69, 9.17) is 13.6 Å². The Labute approximate surface area is 186 Å². The van der Waals surface area contributed by atoms with Crippen LogP contribution < -0.4 is 10.1 Å². The number of oxazole rings is 1. The van der Waals surface area contributed by atoms with Crippen LogP contribution in [0.1, 0.15) is 33.3 Å². The Morgan fingerprint density at radius 3 is 2.56 bits per heavy atom. The van der Waals surface area contributed by atoms with Gasteiger partial charge in [0.15, 0.2) is 5.69 Å². The molecule has 0 unspecified atom stereocenters. The number of hydrogen-bond donors (Lipinski definition) is 1. The van der Waals surface area contributed by atoms with Crippen LogP contribution in [-0.4, -0.2) is 22.9 Å². The van der Waals surface area contributed by atoms with Gasteiger partial charge in [-0.25, -0.2) is 4.98 Å². The Balaban J connectivity index is 1.44. The van der Waals surface area contributed by atoms with E-state index < -0.39 is 0 Å². The van der Waals surface area contributed by atoms with E-state index in [1.54, 1.807) is 25.5 Å². The number of carbonyl (C=O) groups excluding carboxylic acids is 1. The van der Waals surface area contributed by atoms with Crippen molar-refractivity contribution in [2.45, 2.75) is 26.2 Å². The van der Waals surface area contributed by atoms with Gasteiger partial charge in [0, 0.05) is 13.1 Å². The summed E-state index contributed by atoms with van der Waals surface area (Å²) in [6.07, 6.45) is 2.96. The van der Waals surface area contributed by atoms with Crippen LogP contribution >= 0.6 is 0 Å². The summed E-state index contributed by atoms with van der Waals surface area (Å²) in [6.45, 7) is 2.14. The summed E-state index contributed by atoms with van der Waals surface area (Å²) in [4.78, 5) is 19.0. The highest BCUT2D eigenvalue weighted by Crippen LogP contribution is 2.18. The lowest BCUT2D eigenvalue weighted by Crippen LogP contribution is -2.24. The number of methoxy groups -OCH3 is 1. The second-order valence-electron chi connectivity index (χ2n) is 7.37. The third-order valence-electron chi connectivity index (χ3n) is 4.94. The molecule has 0 aliphatic carbocycles. The molecule has 2 aromatic heterocycles. The van der Waals surface area contributed by atoms with E-state index in [1.807, 2.05) is 36.4 Å². The molecule has 2 aromatic carbocycles. The van der Waals surface area contributed by atoms with Gasteiger partial charge in [0.1, 0.15) is 17.8 Å². The summed E-state index contributed by atoms with van der Waals surface area (Å²) in [6, 6.07) is 21.8. The van der Waals surface area contributed by atoms with Crippen molar-refractivity contribution in [1.82, 2.24) is 15.2 Å². The molecular weight excluding hydrogens is 406 g/mol. The van der Waals surface area contributed by atoms with Crippen molar-refractivity contribution in [3.63, 3.8) is 0 Å². The molecule has 7 nitrogen and oxygen atoms in total. The summed E-state index contributed by atoms with van der Waals surface area (Å²) in [5.74, 6) is 1.66. The number of nitrogens with zero attached hydrogens (tertiary/aromatic N) is 2. The first-order valence-electron chi connectivity index (χ1n) is 10.3. The van der Waals surface area contributed by atoms with Gasteiger partial charge in [-0.2, -0.15) is 0 Å². The molecule has 0 spiro atoms. The topological polar surface area (TPSA) is 80.7 Å². The third kappa shape index (κ3) is 5.86. The lowest BCUT2D eigenvalue weighted by Gasteiger charge is -2.21. The Morgan fingerprint density at radius 1 is 0.969 bits per heavy atom. The molecule has 0 fully saturated rings. The highest BCUT2D eigenvalue weighted by atomic mass is 16.5. The fraction of sp³-hybridized carbons (Fsp3) is 0.200. The average molecular weight is 431 g/mol. The predicted octanol–water partition coefficient (Wildman–Crippen LogP) is 4.41. The van der Waals surface area contributed by atoms with Crippen LogP contribution in [0.2, 0.25) is 0 Å². The molecule has 32 heavy (non-hydrogen) atoms. The zero-order valence-electron chi connectivity index (χ0n) is 17.9. The van der Waals surface area contributed by atoms with E-state index in [0.29, 0.717) is 37.8 Å². The number of aromatic nitrogens is 1. The van der Waals surface area contributed by atoms with Crippen LogP contribution in [0.25, 0.3) is 0 Å². The molecule has 0 bridgehead atoms. The molecule has 4 aromatic rings. The van der Waals surface area contributed by atoms with Gasteiger partial charge in [-0.05, 0) is 35.4 Å². The highest BCUT2D eigenvalue weighted by molar-refractivity contribution is 5.91. The third-order valence-corrected chi connectivity index (χ3v) is 4.94. The number of ether oxygens (including phenoxy) is 1. The number of rotatable bonds is 10. The van der Waals surface area contributed by atoms with Crippen molar-refractivity contribution in [2.24, 2.45) is 0 Å². The van der Waals surface area contributed by atoms with E-state index in [0.717, 1.165) is 11.3 Å². The molecule has 1 N–H and O–H groups in total. The minimum atomic E-state index is -0.307. The normalized spacial score (nSPS) is 10.9. The van der Waals surface area contributed by atoms with Crippen LogP contribution in [0.4, 0.5) is 0 Å². The number of benzene rings is 2. The van der Waals surface area contributed by atoms with Gasteiger partial charge in [-0.1, -0.05) is 42.5 Å². The molecule has 164 valence electrons. The van der Waals surface area contributed by atoms with Gasteiger partial charge in [-0.15, -0.1) is 0 Å². The zero-order valence-corrected chi connectivity index (χ0v) is 17.9. The number of carbonyl (C=O) groups is 1. The summed E-state index contributed by atoms with van der Waals surface area (Å²) in [5, 5.41) is 2.78. The Kier molecular flexibility index (Phi) is 6.99. The minimum absolute atomic E-state index is 0.243.